The van der Waals surface area contributed by atoms with E-state index in [0.29, 0.717) is 23.6 Å². The van der Waals surface area contributed by atoms with Gasteiger partial charge in [0.1, 0.15) is 6.26 Å². The molecule has 2 atom stereocenters. The fourth-order valence-electron chi connectivity index (χ4n) is 2.41. The highest BCUT2D eigenvalue weighted by atomic mass is 16.5. The lowest BCUT2D eigenvalue weighted by atomic mass is 10.2. The van der Waals surface area contributed by atoms with Gasteiger partial charge < -0.3 is 13.5 Å². The molecule has 1 saturated carbocycles. The molecule has 1 aliphatic rings. The van der Waals surface area contributed by atoms with Crippen LogP contribution in [0.2, 0.25) is 0 Å². The van der Waals surface area contributed by atoms with Crippen LogP contribution < -0.4 is 0 Å². The largest absolute Gasteiger partial charge is 0.472 e. The Morgan fingerprint density at radius 2 is 2.32 bits per heavy atom. The van der Waals surface area contributed by atoms with E-state index in [2.05, 4.69) is 15.1 Å². The van der Waals surface area contributed by atoms with Gasteiger partial charge in [0.15, 0.2) is 0 Å². The minimum absolute atomic E-state index is 0.309. The second kappa shape index (κ2) is 3.81. The molecule has 4 rings (SSSR count). The summed E-state index contributed by atoms with van der Waals surface area (Å²) < 4.78 is 12.4. The maximum atomic E-state index is 5.35. The molecule has 0 aromatic carbocycles. The Bertz CT molecular complexity index is 698. The predicted octanol–water partition coefficient (Wildman–Crippen LogP) is 2.33. The van der Waals surface area contributed by atoms with Crippen LogP contribution in [0, 0.1) is 0 Å². The average Bonchev–Trinajstić information content (AvgIpc) is 2.86. The third-order valence-electron chi connectivity index (χ3n) is 3.56. The summed E-state index contributed by atoms with van der Waals surface area (Å²) in [6, 6.07) is 1.82. The van der Waals surface area contributed by atoms with Crippen molar-refractivity contribution in [3.05, 3.63) is 42.7 Å². The molecule has 1 aliphatic carbocycles. The molecule has 3 aromatic heterocycles. The summed E-state index contributed by atoms with van der Waals surface area (Å²) in [7, 11) is 2.00. The molecule has 0 saturated heterocycles. The highest BCUT2D eigenvalue weighted by Crippen LogP contribution is 2.53. The summed E-state index contributed by atoms with van der Waals surface area (Å²) in [5.41, 5.74) is 2.06. The second-order valence-corrected chi connectivity index (χ2v) is 4.85. The molecule has 0 bridgehead atoms. The van der Waals surface area contributed by atoms with Crippen molar-refractivity contribution in [2.45, 2.75) is 18.3 Å². The van der Waals surface area contributed by atoms with Gasteiger partial charge in [-0.3, -0.25) is 0 Å². The van der Waals surface area contributed by atoms with Crippen molar-refractivity contribution >= 4 is 0 Å². The number of nitrogens with zero attached hydrogens (tertiary/aromatic N) is 4. The lowest BCUT2D eigenvalue weighted by molar-refractivity contribution is 0.378. The third kappa shape index (κ3) is 1.68. The smallest absolute Gasteiger partial charge is 0.230 e. The third-order valence-corrected chi connectivity index (χ3v) is 3.56. The number of hydrogen-bond acceptors (Lipinski definition) is 5. The van der Waals surface area contributed by atoms with Crippen molar-refractivity contribution in [3.63, 3.8) is 0 Å². The van der Waals surface area contributed by atoms with Gasteiger partial charge in [-0.25, -0.2) is 4.98 Å². The first kappa shape index (κ1) is 10.5. The monoisotopic (exact) mass is 256 g/mol. The van der Waals surface area contributed by atoms with Crippen molar-refractivity contribution in [2.24, 2.45) is 7.05 Å². The van der Waals surface area contributed by atoms with Crippen molar-refractivity contribution in [1.82, 2.24) is 19.7 Å². The number of aromatic nitrogens is 4. The van der Waals surface area contributed by atoms with Crippen LogP contribution in [-0.4, -0.2) is 19.7 Å². The van der Waals surface area contributed by atoms with Crippen LogP contribution in [-0.2, 0) is 7.05 Å². The Labute approximate surface area is 109 Å². The van der Waals surface area contributed by atoms with Crippen LogP contribution in [0.25, 0.3) is 11.4 Å². The Hall–Kier alpha value is -2.37. The molecule has 0 amide bonds. The molecule has 0 aliphatic heterocycles. The molecule has 0 N–H and O–H groups in total. The summed E-state index contributed by atoms with van der Waals surface area (Å²) >= 11 is 0. The molecule has 6 nitrogen and oxygen atoms in total. The molecule has 0 radical (unpaired) electrons. The normalized spacial score (nSPS) is 21.7. The second-order valence-electron chi connectivity index (χ2n) is 4.85. The Morgan fingerprint density at radius 1 is 1.37 bits per heavy atom. The molecule has 3 heterocycles. The van der Waals surface area contributed by atoms with Gasteiger partial charge in [0.05, 0.1) is 18.2 Å². The van der Waals surface area contributed by atoms with E-state index in [0.717, 1.165) is 12.0 Å². The number of imidazole rings is 1. The van der Waals surface area contributed by atoms with E-state index in [4.69, 9.17) is 8.94 Å². The van der Waals surface area contributed by atoms with Gasteiger partial charge in [-0.15, -0.1) is 0 Å². The van der Waals surface area contributed by atoms with Crippen LogP contribution >= 0.6 is 0 Å². The van der Waals surface area contributed by atoms with E-state index >= 15 is 0 Å². The van der Waals surface area contributed by atoms with Gasteiger partial charge in [-0.1, -0.05) is 5.16 Å². The molecule has 19 heavy (non-hydrogen) atoms. The summed E-state index contributed by atoms with van der Waals surface area (Å²) in [6.07, 6.45) is 7.96. The molecule has 0 spiro atoms. The summed E-state index contributed by atoms with van der Waals surface area (Å²) in [4.78, 5) is 8.58. The van der Waals surface area contributed by atoms with Crippen LogP contribution in [0.4, 0.5) is 0 Å². The fraction of sp³-hybridized carbons (Fsp3) is 0.308. The Morgan fingerprint density at radius 3 is 3.05 bits per heavy atom. The predicted molar refractivity (Wildman–Crippen MR) is 65.3 cm³/mol. The zero-order valence-corrected chi connectivity index (χ0v) is 10.4. The lowest BCUT2D eigenvalue weighted by Crippen LogP contribution is -1.93. The lowest BCUT2D eigenvalue weighted by Gasteiger charge is -1.98. The van der Waals surface area contributed by atoms with E-state index in [1.807, 2.05) is 30.2 Å². The zero-order valence-electron chi connectivity index (χ0n) is 10.4. The topological polar surface area (TPSA) is 69.9 Å². The highest BCUT2D eigenvalue weighted by molar-refractivity contribution is 5.51. The summed E-state index contributed by atoms with van der Waals surface area (Å²) in [6.45, 7) is 0. The van der Waals surface area contributed by atoms with Crippen molar-refractivity contribution in [3.8, 4) is 11.4 Å². The van der Waals surface area contributed by atoms with Crippen molar-refractivity contribution in [2.75, 3.05) is 0 Å². The zero-order chi connectivity index (χ0) is 12.8. The number of aryl methyl sites for hydroxylation is 1. The maximum Gasteiger partial charge on any atom is 0.230 e. The van der Waals surface area contributed by atoms with E-state index in [1.54, 1.807) is 12.5 Å². The van der Waals surface area contributed by atoms with E-state index in [-0.39, 0.29) is 0 Å². The number of rotatable bonds is 3. The van der Waals surface area contributed by atoms with Crippen LogP contribution in [0.3, 0.4) is 0 Å². The molecule has 1 fully saturated rings. The first-order valence-corrected chi connectivity index (χ1v) is 6.15. The Balaban J connectivity index is 1.58. The molecular formula is C13H12N4O2. The van der Waals surface area contributed by atoms with E-state index in [1.165, 1.54) is 5.69 Å². The van der Waals surface area contributed by atoms with E-state index in [9.17, 15) is 0 Å². The molecule has 0 unspecified atom stereocenters. The molecule has 6 heteroatoms. The van der Waals surface area contributed by atoms with E-state index < -0.39 is 0 Å². The van der Waals surface area contributed by atoms with Gasteiger partial charge in [0.2, 0.25) is 11.7 Å². The highest BCUT2D eigenvalue weighted by Gasteiger charge is 2.45. The van der Waals surface area contributed by atoms with Gasteiger partial charge in [-0.05, 0) is 12.5 Å². The van der Waals surface area contributed by atoms with Crippen LogP contribution in [0.1, 0.15) is 29.8 Å². The minimum atomic E-state index is 0.309. The van der Waals surface area contributed by atoms with Gasteiger partial charge in [0.25, 0.3) is 0 Å². The average molecular weight is 256 g/mol. The standard InChI is InChI=1S/C13H12N4O2/c1-17-7-14-5-11(17)9-4-10(9)13-15-12(16-19-13)8-2-3-18-6-8/h2-3,5-7,9-10H,4H2,1H3/t9-,10-/m0/s1. The SMILES string of the molecule is Cn1cncc1[C@H]1C[C@@H]1c1nc(-c2ccoc2)no1. The van der Waals surface area contributed by atoms with Gasteiger partial charge in [-0.2, -0.15) is 4.98 Å². The molecular weight excluding hydrogens is 244 g/mol. The summed E-state index contributed by atoms with van der Waals surface area (Å²) in [5.74, 6) is 2.02. The van der Waals surface area contributed by atoms with Crippen molar-refractivity contribution < 1.29 is 8.94 Å². The summed E-state index contributed by atoms with van der Waals surface area (Å²) in [5, 5.41) is 3.99. The first-order chi connectivity index (χ1) is 9.33. The van der Waals surface area contributed by atoms with Crippen LogP contribution in [0.15, 0.2) is 40.1 Å². The van der Waals surface area contributed by atoms with Gasteiger partial charge in [0, 0.05) is 30.8 Å². The van der Waals surface area contributed by atoms with Gasteiger partial charge >= 0.3 is 0 Å². The Kier molecular flexibility index (Phi) is 2.11. The molecule has 96 valence electrons. The quantitative estimate of drug-likeness (QED) is 0.719. The van der Waals surface area contributed by atoms with Crippen molar-refractivity contribution in [1.29, 1.82) is 0 Å². The minimum Gasteiger partial charge on any atom is -0.472 e. The first-order valence-electron chi connectivity index (χ1n) is 6.15. The molecule has 3 aromatic rings. The fourth-order valence-corrected chi connectivity index (χ4v) is 2.41. The number of furan rings is 1. The number of hydrogen-bond donors (Lipinski definition) is 0. The van der Waals surface area contributed by atoms with Crippen LogP contribution in [0.5, 0.6) is 0 Å². The maximum absolute atomic E-state index is 5.35.